The molecule has 2 aromatic carbocycles. The average molecular weight is 406 g/mol. The predicted octanol–water partition coefficient (Wildman–Crippen LogP) is 5.27. The van der Waals surface area contributed by atoms with E-state index >= 15 is 0 Å². The van der Waals surface area contributed by atoms with Gasteiger partial charge in [0, 0.05) is 27.6 Å². The molecule has 0 aliphatic carbocycles. The highest BCUT2D eigenvalue weighted by molar-refractivity contribution is 7.73. The van der Waals surface area contributed by atoms with E-state index < -0.39 is 10.9 Å². The second-order valence-corrected chi connectivity index (χ2v) is 7.81. The molecule has 0 saturated carbocycles. The minimum Gasteiger partial charge on any atom is -0.293 e. The third kappa shape index (κ3) is 4.15. The average Bonchev–Trinajstić information content (AvgIpc) is 3.07. The van der Waals surface area contributed by atoms with Crippen LogP contribution in [0.15, 0.2) is 54.6 Å². The zero-order valence-electron chi connectivity index (χ0n) is 13.9. The maximum Gasteiger partial charge on any atom is 0.222 e. The Morgan fingerprint density at radius 3 is 2.23 bits per heavy atom. The van der Waals surface area contributed by atoms with Crippen molar-refractivity contribution in [2.45, 2.75) is 13.3 Å². The molecule has 3 rings (SSSR count). The first-order valence-electron chi connectivity index (χ1n) is 7.92. The number of hydrogen-bond acceptors (Lipinski definition) is 4. The van der Waals surface area contributed by atoms with Crippen molar-refractivity contribution in [1.29, 1.82) is 0 Å². The number of rotatable bonds is 6. The third-order valence-electron chi connectivity index (χ3n) is 3.85. The van der Waals surface area contributed by atoms with Crippen molar-refractivity contribution in [2.75, 3.05) is 4.72 Å². The van der Waals surface area contributed by atoms with E-state index in [9.17, 15) is 13.2 Å². The number of nitrogens with one attached hydrogen (secondary N) is 1. The van der Waals surface area contributed by atoms with Gasteiger partial charge in [0.15, 0.2) is 5.78 Å². The first-order valence-corrected chi connectivity index (χ1v) is 10.3. The Balaban J connectivity index is 2.04. The Morgan fingerprint density at radius 2 is 1.65 bits per heavy atom. The van der Waals surface area contributed by atoms with Gasteiger partial charge in [-0.25, -0.2) is 8.42 Å². The Hall–Kier alpha value is -2.15. The van der Waals surface area contributed by atoms with E-state index in [1.54, 1.807) is 24.3 Å². The number of carbonyl (C=O) groups is 1. The molecule has 26 heavy (non-hydrogen) atoms. The fourth-order valence-electron chi connectivity index (χ4n) is 2.56. The minimum absolute atomic E-state index is 0.0788. The van der Waals surface area contributed by atoms with E-state index in [0.717, 1.165) is 21.6 Å². The summed E-state index contributed by atoms with van der Waals surface area (Å²) in [7, 11) is -2.70. The van der Waals surface area contributed by atoms with Crippen molar-refractivity contribution >= 4 is 45.3 Å². The van der Waals surface area contributed by atoms with Gasteiger partial charge in [-0.1, -0.05) is 42.8 Å². The summed E-state index contributed by atoms with van der Waals surface area (Å²) in [4.78, 5) is 14.1. The highest BCUT2D eigenvalue weighted by atomic mass is 35.5. The van der Waals surface area contributed by atoms with Crippen molar-refractivity contribution in [2.24, 2.45) is 0 Å². The Bertz CT molecular complexity index is 998. The van der Waals surface area contributed by atoms with Crippen LogP contribution in [0, 0.1) is 0 Å². The lowest BCUT2D eigenvalue weighted by atomic mass is 10.0. The number of anilines is 1. The van der Waals surface area contributed by atoms with Crippen molar-refractivity contribution in [1.82, 2.24) is 0 Å². The van der Waals surface area contributed by atoms with Gasteiger partial charge in [0.25, 0.3) is 0 Å². The summed E-state index contributed by atoms with van der Waals surface area (Å²) in [5.41, 5.74) is 3.20. The summed E-state index contributed by atoms with van der Waals surface area (Å²) in [5.74, 6) is 0.0788. The molecule has 7 heteroatoms. The number of carbonyl (C=O) groups excluding carboxylic acids is 1. The molecule has 4 nitrogen and oxygen atoms in total. The fourth-order valence-corrected chi connectivity index (χ4v) is 4.24. The van der Waals surface area contributed by atoms with Crippen LogP contribution in [-0.2, 0) is 10.9 Å². The minimum atomic E-state index is -2.70. The summed E-state index contributed by atoms with van der Waals surface area (Å²) >= 11 is 7.41. The lowest BCUT2D eigenvalue weighted by Gasteiger charge is -2.04. The number of benzene rings is 2. The molecular formula is C19H16ClNO3S2. The lowest BCUT2D eigenvalue weighted by Crippen LogP contribution is -1.96. The molecule has 0 bridgehead atoms. The Labute approximate surface area is 162 Å². The normalized spacial score (nSPS) is 10.9. The second kappa shape index (κ2) is 8.03. The monoisotopic (exact) mass is 405 g/mol. The number of Topliss-reactive ketones (excluding diaryl/α,β-unsaturated/α-hetero) is 1. The van der Waals surface area contributed by atoms with Crippen LogP contribution in [0.3, 0.4) is 0 Å². The zero-order valence-corrected chi connectivity index (χ0v) is 16.3. The van der Waals surface area contributed by atoms with Crippen LogP contribution >= 0.6 is 22.9 Å². The van der Waals surface area contributed by atoms with Crippen LogP contribution in [0.4, 0.5) is 5.69 Å². The number of halogens is 1. The summed E-state index contributed by atoms with van der Waals surface area (Å²) < 4.78 is 23.9. The van der Waals surface area contributed by atoms with Gasteiger partial charge in [-0.3, -0.25) is 9.52 Å². The third-order valence-corrected chi connectivity index (χ3v) is 5.77. The molecule has 0 aliphatic rings. The van der Waals surface area contributed by atoms with Gasteiger partial charge in [0.05, 0.1) is 4.88 Å². The smallest absolute Gasteiger partial charge is 0.222 e. The number of thiol groups is 1. The summed E-state index contributed by atoms with van der Waals surface area (Å²) in [6.07, 6.45) is 0.421. The van der Waals surface area contributed by atoms with Gasteiger partial charge in [-0.2, -0.15) is 0 Å². The molecule has 1 heterocycles. The largest absolute Gasteiger partial charge is 0.293 e. The van der Waals surface area contributed by atoms with E-state index in [1.807, 2.05) is 37.3 Å². The van der Waals surface area contributed by atoms with Crippen LogP contribution in [0.1, 0.15) is 23.0 Å². The molecule has 0 spiro atoms. The molecule has 0 atom stereocenters. The molecule has 134 valence electrons. The van der Waals surface area contributed by atoms with Crippen molar-refractivity contribution in [3.63, 3.8) is 0 Å². The predicted molar refractivity (Wildman–Crippen MR) is 109 cm³/mol. The Morgan fingerprint density at radius 1 is 1.04 bits per heavy atom. The molecule has 0 amide bonds. The summed E-state index contributed by atoms with van der Waals surface area (Å²) in [6.45, 7) is 1.84. The molecule has 1 N–H and O–H groups in total. The van der Waals surface area contributed by atoms with Crippen molar-refractivity contribution < 1.29 is 13.2 Å². The van der Waals surface area contributed by atoms with E-state index in [-0.39, 0.29) is 5.78 Å². The van der Waals surface area contributed by atoms with E-state index in [4.69, 9.17) is 11.6 Å². The highest BCUT2D eigenvalue weighted by Crippen LogP contribution is 2.38. The lowest BCUT2D eigenvalue weighted by molar-refractivity contribution is 0.0992. The van der Waals surface area contributed by atoms with Crippen LogP contribution in [0.25, 0.3) is 21.6 Å². The zero-order chi connectivity index (χ0) is 18.7. The Kier molecular flexibility index (Phi) is 5.76. The molecule has 3 aromatic rings. The van der Waals surface area contributed by atoms with Gasteiger partial charge in [-0.15, -0.1) is 11.3 Å². The van der Waals surface area contributed by atoms with Crippen LogP contribution in [0.2, 0.25) is 5.02 Å². The van der Waals surface area contributed by atoms with Crippen molar-refractivity contribution in [3.05, 3.63) is 64.5 Å². The van der Waals surface area contributed by atoms with Gasteiger partial charge < -0.3 is 0 Å². The number of hydrogen-bond donors (Lipinski definition) is 2. The maximum atomic E-state index is 12.4. The molecule has 0 aliphatic heterocycles. The van der Waals surface area contributed by atoms with Crippen LogP contribution in [-0.4, -0.2) is 14.2 Å². The van der Waals surface area contributed by atoms with Crippen LogP contribution in [0.5, 0.6) is 0 Å². The SMILES string of the molecule is CCC(=O)c1sc(-c2ccc(Cl)cc2)cc1-c1ccc(N[SH](=O)=O)cc1. The maximum absolute atomic E-state index is 12.4. The first kappa shape index (κ1) is 18.6. The molecule has 0 radical (unpaired) electrons. The fraction of sp³-hybridized carbons (Fsp3) is 0.105. The number of ketones is 1. The molecular weight excluding hydrogens is 390 g/mol. The second-order valence-electron chi connectivity index (χ2n) is 5.58. The van der Waals surface area contributed by atoms with E-state index in [2.05, 4.69) is 4.72 Å². The van der Waals surface area contributed by atoms with Crippen LogP contribution < -0.4 is 4.72 Å². The van der Waals surface area contributed by atoms with Gasteiger partial charge >= 0.3 is 0 Å². The topological polar surface area (TPSA) is 63.2 Å². The first-order chi connectivity index (χ1) is 12.5. The van der Waals surface area contributed by atoms with Crippen molar-refractivity contribution in [3.8, 4) is 21.6 Å². The molecule has 0 unspecified atom stereocenters. The van der Waals surface area contributed by atoms with E-state index in [1.165, 1.54) is 11.3 Å². The summed E-state index contributed by atoms with van der Waals surface area (Å²) in [6, 6.07) is 16.5. The molecule has 0 fully saturated rings. The highest BCUT2D eigenvalue weighted by Gasteiger charge is 2.17. The molecule has 0 saturated heterocycles. The van der Waals surface area contributed by atoms with Gasteiger partial charge in [0.1, 0.15) is 0 Å². The quantitative estimate of drug-likeness (QED) is 0.434. The standard InChI is InChI=1S/C19H16ClNO3S2/c1-2-17(22)19-16(12-5-9-15(10-6-12)21-26(23)24)11-18(25-19)13-3-7-14(20)8-4-13/h3-11,26H,2H2,1H3,(H,21,23,24). The number of thiophene rings is 1. The van der Waals surface area contributed by atoms with Gasteiger partial charge in [-0.05, 0) is 41.5 Å². The molecule has 1 aromatic heterocycles. The van der Waals surface area contributed by atoms with Gasteiger partial charge in [0.2, 0.25) is 10.9 Å². The summed E-state index contributed by atoms with van der Waals surface area (Å²) in [5, 5.41) is 0.662. The van der Waals surface area contributed by atoms with E-state index in [0.29, 0.717) is 22.0 Å².